The van der Waals surface area contributed by atoms with Gasteiger partial charge in [0.15, 0.2) is 11.5 Å². The Morgan fingerprint density at radius 3 is 2.35 bits per heavy atom. The molecule has 26 heavy (non-hydrogen) atoms. The van der Waals surface area contributed by atoms with Gasteiger partial charge in [0.25, 0.3) is 0 Å². The van der Waals surface area contributed by atoms with Crippen molar-refractivity contribution < 1.29 is 19.3 Å². The standard InChI is InChI=1S/C21H37NO4/c1-16(2)11-12-22(14-18(23)15-26-21(3,4)5)13-17-9-8-10-19(24-6)20(17)25-7/h8-10,16,18,23H,11-15H2,1-7H3/t18-/m1/s1. The second-order valence-corrected chi connectivity index (χ2v) is 8.15. The Labute approximate surface area is 159 Å². The van der Waals surface area contributed by atoms with Crippen LogP contribution in [0.5, 0.6) is 11.5 Å². The van der Waals surface area contributed by atoms with Crippen molar-refractivity contribution in [3.8, 4) is 11.5 Å². The zero-order valence-corrected chi connectivity index (χ0v) is 17.5. The number of aliphatic hydroxyl groups is 1. The average Bonchev–Trinajstić information content (AvgIpc) is 2.56. The number of ether oxygens (including phenoxy) is 3. The topological polar surface area (TPSA) is 51.2 Å². The zero-order valence-electron chi connectivity index (χ0n) is 17.5. The third-order valence-corrected chi connectivity index (χ3v) is 4.08. The van der Waals surface area contributed by atoms with Crippen molar-refractivity contribution in [3.05, 3.63) is 23.8 Å². The highest BCUT2D eigenvalue weighted by molar-refractivity contribution is 5.46. The third-order valence-electron chi connectivity index (χ3n) is 4.08. The van der Waals surface area contributed by atoms with Crippen LogP contribution < -0.4 is 9.47 Å². The summed E-state index contributed by atoms with van der Waals surface area (Å²) >= 11 is 0. The first-order chi connectivity index (χ1) is 12.2. The van der Waals surface area contributed by atoms with Gasteiger partial charge in [-0.2, -0.15) is 0 Å². The Kier molecular flexibility index (Phi) is 9.41. The van der Waals surface area contributed by atoms with E-state index >= 15 is 0 Å². The lowest BCUT2D eigenvalue weighted by molar-refractivity contribution is -0.0569. The quantitative estimate of drug-likeness (QED) is 0.646. The van der Waals surface area contributed by atoms with Gasteiger partial charge in [0.1, 0.15) is 0 Å². The largest absolute Gasteiger partial charge is 0.493 e. The van der Waals surface area contributed by atoms with Crippen LogP contribution in [0.1, 0.15) is 46.6 Å². The molecule has 1 aromatic carbocycles. The number of aliphatic hydroxyl groups excluding tert-OH is 1. The van der Waals surface area contributed by atoms with Crippen LogP contribution in [0, 0.1) is 5.92 Å². The summed E-state index contributed by atoms with van der Waals surface area (Å²) in [5.41, 5.74) is 0.805. The number of benzene rings is 1. The number of rotatable bonds is 11. The predicted molar refractivity (Wildman–Crippen MR) is 106 cm³/mol. The summed E-state index contributed by atoms with van der Waals surface area (Å²) in [7, 11) is 3.30. The summed E-state index contributed by atoms with van der Waals surface area (Å²) in [6.45, 7) is 12.9. The number of hydrogen-bond donors (Lipinski definition) is 1. The van der Waals surface area contributed by atoms with Crippen LogP contribution in [0.3, 0.4) is 0 Å². The number of hydrogen-bond acceptors (Lipinski definition) is 5. The van der Waals surface area contributed by atoms with Crippen LogP contribution in [0.15, 0.2) is 18.2 Å². The molecule has 0 fully saturated rings. The lowest BCUT2D eigenvalue weighted by atomic mass is 10.1. The summed E-state index contributed by atoms with van der Waals surface area (Å²) in [6.07, 6.45) is 0.539. The van der Waals surface area contributed by atoms with Crippen molar-refractivity contribution in [1.82, 2.24) is 4.90 Å². The summed E-state index contributed by atoms with van der Waals surface area (Å²) in [5, 5.41) is 10.4. The van der Waals surface area contributed by atoms with Gasteiger partial charge in [-0.3, -0.25) is 4.90 Å². The molecule has 1 atom stereocenters. The fourth-order valence-corrected chi connectivity index (χ4v) is 2.69. The molecular weight excluding hydrogens is 330 g/mol. The van der Waals surface area contributed by atoms with Crippen LogP contribution in [0.2, 0.25) is 0 Å². The maximum absolute atomic E-state index is 10.4. The number of nitrogens with zero attached hydrogens (tertiary/aromatic N) is 1. The van der Waals surface area contributed by atoms with Gasteiger partial charge >= 0.3 is 0 Å². The van der Waals surface area contributed by atoms with E-state index in [1.54, 1.807) is 14.2 Å². The molecule has 1 aromatic rings. The smallest absolute Gasteiger partial charge is 0.165 e. The van der Waals surface area contributed by atoms with Gasteiger partial charge < -0.3 is 19.3 Å². The molecule has 0 aromatic heterocycles. The molecule has 5 nitrogen and oxygen atoms in total. The maximum atomic E-state index is 10.4. The van der Waals surface area contributed by atoms with Crippen molar-refractivity contribution in [3.63, 3.8) is 0 Å². The molecule has 150 valence electrons. The Bertz CT molecular complexity index is 525. The number of methoxy groups -OCH3 is 2. The van der Waals surface area contributed by atoms with Crippen molar-refractivity contribution in [1.29, 1.82) is 0 Å². The van der Waals surface area contributed by atoms with Gasteiger partial charge in [-0.05, 0) is 45.7 Å². The molecule has 0 aliphatic carbocycles. The van der Waals surface area contributed by atoms with Gasteiger partial charge in [-0.15, -0.1) is 0 Å². The van der Waals surface area contributed by atoms with Gasteiger partial charge in [0.2, 0.25) is 0 Å². The SMILES string of the molecule is COc1cccc(CN(CCC(C)C)C[C@@H](O)COC(C)(C)C)c1OC. The second kappa shape index (κ2) is 10.8. The van der Waals surface area contributed by atoms with Crippen molar-refractivity contribution >= 4 is 0 Å². The molecule has 0 spiro atoms. The van der Waals surface area contributed by atoms with Crippen molar-refractivity contribution in [2.75, 3.05) is 33.9 Å². The zero-order chi connectivity index (χ0) is 19.7. The van der Waals surface area contributed by atoms with Gasteiger partial charge in [0.05, 0.1) is 32.5 Å². The third kappa shape index (κ3) is 8.39. The Hall–Kier alpha value is -1.30. The van der Waals surface area contributed by atoms with Crippen LogP contribution in [0.25, 0.3) is 0 Å². The fourth-order valence-electron chi connectivity index (χ4n) is 2.69. The second-order valence-electron chi connectivity index (χ2n) is 8.15. The summed E-state index contributed by atoms with van der Waals surface area (Å²) in [6, 6.07) is 5.91. The first kappa shape index (κ1) is 22.7. The molecule has 0 aliphatic heterocycles. The van der Waals surface area contributed by atoms with E-state index in [-0.39, 0.29) is 5.60 Å². The Balaban J connectivity index is 2.83. The van der Waals surface area contributed by atoms with E-state index in [2.05, 4.69) is 18.7 Å². The van der Waals surface area contributed by atoms with E-state index in [1.165, 1.54) is 0 Å². The van der Waals surface area contributed by atoms with E-state index in [0.717, 1.165) is 30.0 Å². The minimum absolute atomic E-state index is 0.250. The van der Waals surface area contributed by atoms with Crippen LogP contribution in [-0.2, 0) is 11.3 Å². The highest BCUT2D eigenvalue weighted by Crippen LogP contribution is 2.31. The lowest BCUT2D eigenvalue weighted by Gasteiger charge is -2.28. The molecular formula is C21H37NO4. The Morgan fingerprint density at radius 2 is 1.81 bits per heavy atom. The van der Waals surface area contributed by atoms with Crippen molar-refractivity contribution in [2.24, 2.45) is 5.92 Å². The monoisotopic (exact) mass is 367 g/mol. The van der Waals surface area contributed by atoms with Gasteiger partial charge in [0, 0.05) is 18.7 Å². The van der Waals surface area contributed by atoms with E-state index in [9.17, 15) is 5.11 Å². The first-order valence-electron chi connectivity index (χ1n) is 9.40. The molecule has 0 saturated carbocycles. The first-order valence-corrected chi connectivity index (χ1v) is 9.40. The molecule has 0 unspecified atom stereocenters. The van der Waals surface area contributed by atoms with Crippen LogP contribution >= 0.6 is 0 Å². The summed E-state index contributed by atoms with van der Waals surface area (Å²) in [5.74, 6) is 2.09. The van der Waals surface area contributed by atoms with E-state index in [1.807, 2.05) is 39.0 Å². The molecule has 0 saturated heterocycles. The van der Waals surface area contributed by atoms with Crippen LogP contribution in [0.4, 0.5) is 0 Å². The molecule has 1 rings (SSSR count). The minimum atomic E-state index is -0.530. The molecule has 1 N–H and O–H groups in total. The molecule has 0 radical (unpaired) electrons. The predicted octanol–water partition coefficient (Wildman–Crippen LogP) is 3.73. The van der Waals surface area contributed by atoms with E-state index in [0.29, 0.717) is 25.6 Å². The van der Waals surface area contributed by atoms with Crippen molar-refractivity contribution in [2.45, 2.75) is 59.3 Å². The summed E-state index contributed by atoms with van der Waals surface area (Å²) in [4.78, 5) is 2.26. The van der Waals surface area contributed by atoms with Gasteiger partial charge in [-0.1, -0.05) is 26.0 Å². The maximum Gasteiger partial charge on any atom is 0.165 e. The Morgan fingerprint density at radius 1 is 1.12 bits per heavy atom. The lowest BCUT2D eigenvalue weighted by Crippen LogP contribution is -2.37. The summed E-state index contributed by atoms with van der Waals surface area (Å²) < 4.78 is 16.7. The van der Waals surface area contributed by atoms with Gasteiger partial charge in [-0.25, -0.2) is 0 Å². The molecule has 0 amide bonds. The fraction of sp³-hybridized carbons (Fsp3) is 0.714. The average molecular weight is 368 g/mol. The molecule has 0 bridgehead atoms. The normalized spacial score (nSPS) is 13.3. The van der Waals surface area contributed by atoms with E-state index in [4.69, 9.17) is 14.2 Å². The molecule has 0 aliphatic rings. The van der Waals surface area contributed by atoms with E-state index < -0.39 is 6.10 Å². The highest BCUT2D eigenvalue weighted by Gasteiger charge is 2.19. The highest BCUT2D eigenvalue weighted by atomic mass is 16.5. The van der Waals surface area contributed by atoms with Crippen LogP contribution in [-0.4, -0.2) is 55.6 Å². The molecule has 0 heterocycles. The minimum Gasteiger partial charge on any atom is -0.493 e. The molecule has 5 heteroatoms. The number of para-hydroxylation sites is 1.